The van der Waals surface area contributed by atoms with Gasteiger partial charge >= 0.3 is 11.9 Å². The molecule has 11 nitrogen and oxygen atoms in total. The van der Waals surface area contributed by atoms with Crippen LogP contribution in [0, 0.1) is 25.7 Å². The fourth-order valence-electron chi connectivity index (χ4n) is 6.72. The Labute approximate surface area is 266 Å². The number of rotatable bonds is 13. The van der Waals surface area contributed by atoms with E-state index in [1.165, 1.54) is 6.20 Å². The van der Waals surface area contributed by atoms with E-state index in [1.807, 2.05) is 45.5 Å². The van der Waals surface area contributed by atoms with Crippen molar-refractivity contribution in [2.45, 2.75) is 77.5 Å². The number of carbonyl (C=O) groups excluding carboxylic acids is 2. The Hall–Kier alpha value is -4.19. The van der Waals surface area contributed by atoms with Gasteiger partial charge in [-0.05, 0) is 79.8 Å². The van der Waals surface area contributed by atoms with Crippen molar-refractivity contribution in [3.8, 4) is 0 Å². The molecule has 3 aliphatic heterocycles. The van der Waals surface area contributed by atoms with Crippen LogP contribution in [0.3, 0.4) is 0 Å². The third-order valence-electron chi connectivity index (χ3n) is 9.42. The Bertz CT molecular complexity index is 1640. The van der Waals surface area contributed by atoms with Gasteiger partial charge in [-0.3, -0.25) is 19.2 Å². The minimum atomic E-state index is -0.897. The van der Waals surface area contributed by atoms with Crippen molar-refractivity contribution in [2.24, 2.45) is 17.6 Å². The smallest absolute Gasteiger partial charge is 0.303 e. The van der Waals surface area contributed by atoms with E-state index in [9.17, 15) is 29.4 Å². The summed E-state index contributed by atoms with van der Waals surface area (Å²) in [6.45, 7) is 7.78. The summed E-state index contributed by atoms with van der Waals surface area (Å²) in [4.78, 5) is 55.3. The van der Waals surface area contributed by atoms with Crippen LogP contribution < -0.4 is 16.4 Å². The Balaban J connectivity index is 1.51. The number of amides is 2. The van der Waals surface area contributed by atoms with E-state index in [0.717, 1.165) is 62.1 Å². The van der Waals surface area contributed by atoms with Crippen molar-refractivity contribution >= 4 is 41.6 Å². The summed E-state index contributed by atoms with van der Waals surface area (Å²) in [7, 11) is 0. The van der Waals surface area contributed by atoms with E-state index in [-0.39, 0.29) is 42.5 Å². The van der Waals surface area contributed by atoms with Gasteiger partial charge in [0.15, 0.2) is 0 Å². The fraction of sp³-hybridized carbons (Fsp3) is 0.455. The molecule has 5 heterocycles. The van der Waals surface area contributed by atoms with Gasteiger partial charge in [-0.2, -0.15) is 11.8 Å². The van der Waals surface area contributed by atoms with Crippen LogP contribution in [-0.4, -0.2) is 61.0 Å². The molecule has 2 aromatic rings. The molecule has 12 heteroatoms. The second kappa shape index (κ2) is 13.0. The number of allylic oxidation sites excluding steroid dienone is 1. The zero-order valence-electron chi connectivity index (χ0n) is 26.0. The molecule has 0 spiro atoms. The highest BCUT2D eigenvalue weighted by molar-refractivity contribution is 8.06. The number of hydrogen-bond donors (Lipinski definition) is 7. The van der Waals surface area contributed by atoms with Crippen molar-refractivity contribution in [3.63, 3.8) is 0 Å². The number of aromatic nitrogens is 2. The summed E-state index contributed by atoms with van der Waals surface area (Å²) >= 11 is 1.85. The summed E-state index contributed by atoms with van der Waals surface area (Å²) < 4.78 is 0. The van der Waals surface area contributed by atoms with Gasteiger partial charge in [-0.15, -0.1) is 0 Å². The molecule has 0 bridgehead atoms. The Kier molecular flexibility index (Phi) is 9.33. The first kappa shape index (κ1) is 32.2. The highest BCUT2D eigenvalue weighted by Gasteiger charge is 2.45. The maximum atomic E-state index is 12.6. The molecule has 0 saturated carbocycles. The number of H-pyrrole nitrogens is 2. The predicted molar refractivity (Wildman–Crippen MR) is 172 cm³/mol. The van der Waals surface area contributed by atoms with Crippen LogP contribution in [0.15, 0.2) is 29.1 Å². The van der Waals surface area contributed by atoms with Crippen LogP contribution in [0.4, 0.5) is 0 Å². The van der Waals surface area contributed by atoms with Crippen molar-refractivity contribution in [1.29, 1.82) is 0 Å². The highest BCUT2D eigenvalue weighted by atomic mass is 32.2. The summed E-state index contributed by atoms with van der Waals surface area (Å²) in [5.41, 5.74) is 15.0. The van der Waals surface area contributed by atoms with Crippen LogP contribution in [0.2, 0.25) is 0 Å². The van der Waals surface area contributed by atoms with E-state index in [4.69, 9.17) is 5.73 Å². The number of nitrogens with two attached hydrogens (primary N) is 1. The van der Waals surface area contributed by atoms with E-state index in [2.05, 4.69) is 20.6 Å². The minimum Gasteiger partial charge on any atom is -0.481 e. The monoisotopic (exact) mass is 635 g/mol. The number of aliphatic carboxylic acids is 2. The lowest BCUT2D eigenvalue weighted by Gasteiger charge is -2.12. The second-order valence-corrected chi connectivity index (χ2v) is 13.5. The molecule has 3 aliphatic rings. The first-order valence-electron chi connectivity index (χ1n) is 15.3. The van der Waals surface area contributed by atoms with Crippen LogP contribution in [-0.2, 0) is 44.9 Å². The van der Waals surface area contributed by atoms with E-state index in [0.29, 0.717) is 36.5 Å². The SMILES string of the molecule is CC1=C(/C=C/N)C(=O)N[C@@H]1Cc1[nH]c(Cc2[nH]c(/C=C3\NC(=O)[C@H](C)[C@H]3[C@@H]3CS3)c(C)c2CCC(=O)O)c(CCC(=O)O)c1C. The number of carbonyl (C=O) groups is 4. The average Bonchev–Trinajstić information content (AvgIpc) is 3.56. The molecule has 0 unspecified atom stereocenters. The molecular formula is C33H41N5O6S. The van der Waals surface area contributed by atoms with Gasteiger partial charge in [0.25, 0.3) is 5.91 Å². The molecule has 45 heavy (non-hydrogen) atoms. The summed E-state index contributed by atoms with van der Waals surface area (Å²) in [5.74, 6) is -0.931. The van der Waals surface area contributed by atoms with E-state index < -0.39 is 11.9 Å². The van der Waals surface area contributed by atoms with Crippen molar-refractivity contribution in [2.75, 3.05) is 5.75 Å². The standard InChI is InChI=1S/C33H41N5O6S/c1-15-19(5-7-29(39)40)25(35-22(15)11-24-17(3)21(9-10-34)33(44)37-24)13-26-20(6-8-30(41)42)16(2)23(36-26)12-27-31(28-14-45-28)18(4)32(43)38-27/h9-10,12,18,24,28,31,35-36H,5-8,11,13-14,34H2,1-4H3,(H,37,44)(H,38,43)(H,39,40)(H,41,42)/b10-9+,27-12-/t18-,24-,28+,31-/m1/s1. The van der Waals surface area contributed by atoms with Gasteiger partial charge in [0.1, 0.15) is 0 Å². The van der Waals surface area contributed by atoms with Crippen LogP contribution >= 0.6 is 11.8 Å². The predicted octanol–water partition coefficient (Wildman–Crippen LogP) is 3.25. The number of thioether (sulfide) groups is 1. The summed E-state index contributed by atoms with van der Waals surface area (Å²) in [6, 6.07) is -0.236. The Morgan fingerprint density at radius 3 is 2.20 bits per heavy atom. The molecule has 8 N–H and O–H groups in total. The maximum absolute atomic E-state index is 12.6. The van der Waals surface area contributed by atoms with Gasteiger partial charge in [-0.25, -0.2) is 0 Å². The lowest BCUT2D eigenvalue weighted by Crippen LogP contribution is -2.30. The summed E-state index contributed by atoms with van der Waals surface area (Å²) in [5, 5.41) is 25.5. The molecule has 4 atom stereocenters. The van der Waals surface area contributed by atoms with Crippen molar-refractivity contribution in [1.82, 2.24) is 20.6 Å². The molecule has 240 valence electrons. The average molecular weight is 636 g/mol. The second-order valence-electron chi connectivity index (χ2n) is 12.2. The van der Waals surface area contributed by atoms with Crippen molar-refractivity contribution in [3.05, 3.63) is 74.1 Å². The van der Waals surface area contributed by atoms with Gasteiger partial charge < -0.3 is 36.5 Å². The number of carboxylic acid groups (broad SMARTS) is 2. The molecule has 2 aromatic heterocycles. The van der Waals surface area contributed by atoms with Crippen LogP contribution in [0.1, 0.15) is 71.7 Å². The number of carboxylic acids is 2. The lowest BCUT2D eigenvalue weighted by molar-refractivity contribution is -0.138. The molecule has 0 radical (unpaired) electrons. The number of hydrogen-bond acceptors (Lipinski definition) is 6. The Morgan fingerprint density at radius 1 is 0.978 bits per heavy atom. The summed E-state index contributed by atoms with van der Waals surface area (Å²) in [6.07, 6.45) is 6.42. The van der Waals surface area contributed by atoms with Gasteiger partial charge in [-0.1, -0.05) is 6.92 Å². The molecular weight excluding hydrogens is 594 g/mol. The highest BCUT2D eigenvalue weighted by Crippen LogP contribution is 2.46. The van der Waals surface area contributed by atoms with Crippen LogP contribution in [0.5, 0.6) is 0 Å². The largest absolute Gasteiger partial charge is 0.481 e. The molecule has 2 saturated heterocycles. The Morgan fingerprint density at radius 2 is 1.60 bits per heavy atom. The molecule has 5 rings (SSSR count). The third kappa shape index (κ3) is 6.75. The zero-order chi connectivity index (χ0) is 32.6. The third-order valence-corrected chi connectivity index (χ3v) is 10.4. The zero-order valence-corrected chi connectivity index (χ0v) is 26.8. The van der Waals surface area contributed by atoms with E-state index in [1.54, 1.807) is 6.08 Å². The first-order valence-corrected chi connectivity index (χ1v) is 16.3. The van der Waals surface area contributed by atoms with Gasteiger partial charge in [0.2, 0.25) is 5.91 Å². The number of aromatic amines is 2. The van der Waals surface area contributed by atoms with E-state index >= 15 is 0 Å². The molecule has 2 fully saturated rings. The number of nitrogens with one attached hydrogen (secondary N) is 4. The molecule has 0 aliphatic carbocycles. The van der Waals surface area contributed by atoms with Gasteiger partial charge in [0, 0.05) is 82.6 Å². The van der Waals surface area contributed by atoms with Gasteiger partial charge in [0.05, 0.1) is 6.04 Å². The lowest BCUT2D eigenvalue weighted by atomic mass is 9.91. The fourth-order valence-corrected chi connectivity index (χ4v) is 7.62. The molecule has 2 amide bonds. The molecule has 0 aromatic carbocycles. The topological polar surface area (TPSA) is 190 Å². The van der Waals surface area contributed by atoms with Crippen molar-refractivity contribution < 1.29 is 29.4 Å². The van der Waals surface area contributed by atoms with Crippen LogP contribution in [0.25, 0.3) is 6.08 Å². The first-order chi connectivity index (χ1) is 21.4. The normalized spacial score (nSPS) is 23.8. The maximum Gasteiger partial charge on any atom is 0.303 e. The quantitative estimate of drug-likeness (QED) is 0.163. The minimum absolute atomic E-state index is 0.0152.